The Hall–Kier alpha value is -1.51. The van der Waals surface area contributed by atoms with Crippen LogP contribution in [0.2, 0.25) is 0 Å². The van der Waals surface area contributed by atoms with E-state index in [-0.39, 0.29) is 18.0 Å². The molecular formula is C17H28N2O. The van der Waals surface area contributed by atoms with Crippen molar-refractivity contribution in [2.75, 3.05) is 18.0 Å². The number of carbonyl (C=O) groups is 1. The first-order valence-electron chi connectivity index (χ1n) is 7.60. The summed E-state index contributed by atoms with van der Waals surface area (Å²) in [6, 6.07) is 8.38. The lowest BCUT2D eigenvalue weighted by molar-refractivity contribution is 0.0644. The van der Waals surface area contributed by atoms with Gasteiger partial charge in [-0.1, -0.05) is 0 Å². The molecule has 3 heteroatoms. The zero-order chi connectivity index (χ0) is 15.3. The highest BCUT2D eigenvalue weighted by molar-refractivity contribution is 5.95. The third-order valence-electron chi connectivity index (χ3n) is 3.59. The summed E-state index contributed by atoms with van der Waals surface area (Å²) >= 11 is 0. The smallest absolute Gasteiger partial charge is 0.254 e. The van der Waals surface area contributed by atoms with E-state index in [1.807, 2.05) is 29.2 Å². The molecule has 1 aromatic rings. The van der Waals surface area contributed by atoms with Gasteiger partial charge in [0, 0.05) is 36.4 Å². The van der Waals surface area contributed by atoms with E-state index >= 15 is 0 Å². The Kier molecular flexibility index (Phi) is 6.05. The first kappa shape index (κ1) is 16.5. The summed E-state index contributed by atoms with van der Waals surface area (Å²) in [5, 5.41) is 0. The van der Waals surface area contributed by atoms with E-state index < -0.39 is 0 Å². The van der Waals surface area contributed by atoms with Crippen LogP contribution in [-0.4, -0.2) is 36.0 Å². The quantitative estimate of drug-likeness (QED) is 0.789. The monoisotopic (exact) mass is 276 g/mol. The lowest BCUT2D eigenvalue weighted by Gasteiger charge is -2.31. The first-order chi connectivity index (χ1) is 9.42. The second-order valence-corrected chi connectivity index (χ2v) is 5.62. The van der Waals surface area contributed by atoms with Crippen molar-refractivity contribution in [3.05, 3.63) is 29.8 Å². The second kappa shape index (κ2) is 7.32. The van der Waals surface area contributed by atoms with Gasteiger partial charge in [-0.25, -0.2) is 0 Å². The summed E-state index contributed by atoms with van der Waals surface area (Å²) in [4.78, 5) is 16.8. The van der Waals surface area contributed by atoms with Crippen LogP contribution in [0.1, 0.15) is 51.9 Å². The fraction of sp³-hybridized carbons (Fsp3) is 0.588. The van der Waals surface area contributed by atoms with Gasteiger partial charge in [-0.3, -0.25) is 4.79 Å². The van der Waals surface area contributed by atoms with Gasteiger partial charge in [-0.05, 0) is 65.8 Å². The van der Waals surface area contributed by atoms with E-state index in [2.05, 4.69) is 46.4 Å². The molecule has 3 nitrogen and oxygen atoms in total. The number of rotatable bonds is 6. The first-order valence-corrected chi connectivity index (χ1v) is 7.60. The van der Waals surface area contributed by atoms with E-state index in [1.165, 1.54) is 5.69 Å². The minimum absolute atomic E-state index is 0.112. The molecule has 0 aliphatic heterocycles. The Labute approximate surface area is 123 Å². The molecule has 0 unspecified atom stereocenters. The van der Waals surface area contributed by atoms with E-state index in [0.29, 0.717) is 0 Å². The van der Waals surface area contributed by atoms with Crippen LogP contribution in [-0.2, 0) is 0 Å². The van der Waals surface area contributed by atoms with E-state index in [1.54, 1.807) is 0 Å². The van der Waals surface area contributed by atoms with Gasteiger partial charge in [0.15, 0.2) is 0 Å². The lowest BCUT2D eigenvalue weighted by Crippen LogP contribution is -2.42. The third-order valence-corrected chi connectivity index (χ3v) is 3.59. The van der Waals surface area contributed by atoms with Gasteiger partial charge in [0.25, 0.3) is 5.91 Å². The minimum Gasteiger partial charge on any atom is -0.372 e. The van der Waals surface area contributed by atoms with E-state index in [0.717, 1.165) is 18.7 Å². The van der Waals surface area contributed by atoms with Gasteiger partial charge in [-0.2, -0.15) is 0 Å². The van der Waals surface area contributed by atoms with Gasteiger partial charge in [0.05, 0.1) is 0 Å². The molecule has 0 N–H and O–H groups in total. The molecular weight excluding hydrogens is 248 g/mol. The lowest BCUT2D eigenvalue weighted by atomic mass is 10.1. The molecule has 0 spiro atoms. The molecule has 0 bridgehead atoms. The normalized spacial score (nSPS) is 11.0. The zero-order valence-electron chi connectivity index (χ0n) is 13.7. The zero-order valence-corrected chi connectivity index (χ0v) is 13.7. The Morgan fingerprint density at radius 3 is 1.75 bits per heavy atom. The van der Waals surface area contributed by atoms with Crippen molar-refractivity contribution >= 4 is 11.6 Å². The highest BCUT2D eigenvalue weighted by Crippen LogP contribution is 2.18. The predicted molar refractivity (Wildman–Crippen MR) is 86.4 cm³/mol. The molecule has 0 atom stereocenters. The van der Waals surface area contributed by atoms with Crippen molar-refractivity contribution in [3.63, 3.8) is 0 Å². The third kappa shape index (κ3) is 3.75. The molecule has 112 valence electrons. The Bertz CT molecular complexity index is 411. The molecule has 0 radical (unpaired) electrons. The van der Waals surface area contributed by atoms with Crippen LogP contribution in [0.25, 0.3) is 0 Å². The summed E-state index contributed by atoms with van der Waals surface area (Å²) in [5.74, 6) is 0.112. The molecule has 1 rings (SSSR count). The number of benzene rings is 1. The maximum atomic E-state index is 12.6. The topological polar surface area (TPSA) is 23.6 Å². The summed E-state index contributed by atoms with van der Waals surface area (Å²) < 4.78 is 0. The molecule has 0 aliphatic rings. The molecule has 0 saturated heterocycles. The Balaban J connectivity index is 2.95. The molecule has 0 fully saturated rings. The van der Waals surface area contributed by atoms with Gasteiger partial charge in [0.1, 0.15) is 0 Å². The largest absolute Gasteiger partial charge is 0.372 e. The molecule has 0 heterocycles. The van der Waals surface area contributed by atoms with E-state index in [9.17, 15) is 4.79 Å². The summed E-state index contributed by atoms with van der Waals surface area (Å²) in [6.07, 6.45) is 0. The van der Waals surface area contributed by atoms with Crippen molar-refractivity contribution in [1.29, 1.82) is 0 Å². The number of hydrogen-bond acceptors (Lipinski definition) is 2. The van der Waals surface area contributed by atoms with Crippen LogP contribution < -0.4 is 4.90 Å². The fourth-order valence-corrected chi connectivity index (χ4v) is 2.62. The van der Waals surface area contributed by atoms with Crippen LogP contribution >= 0.6 is 0 Å². The van der Waals surface area contributed by atoms with Crippen molar-refractivity contribution in [1.82, 2.24) is 4.90 Å². The Morgan fingerprint density at radius 1 is 0.950 bits per heavy atom. The maximum Gasteiger partial charge on any atom is 0.254 e. The summed E-state index contributed by atoms with van der Waals surface area (Å²) in [6.45, 7) is 14.5. The number of amides is 1. The molecule has 0 aromatic heterocycles. The van der Waals surface area contributed by atoms with Gasteiger partial charge in [0.2, 0.25) is 0 Å². The van der Waals surface area contributed by atoms with Crippen LogP contribution in [0.5, 0.6) is 0 Å². The SMILES string of the molecule is CCN(CC)c1ccc(C(=O)N(C(C)C)C(C)C)cc1. The Morgan fingerprint density at radius 2 is 1.40 bits per heavy atom. The van der Waals surface area contributed by atoms with Crippen LogP contribution in [0.3, 0.4) is 0 Å². The average Bonchev–Trinajstić information content (AvgIpc) is 2.40. The standard InChI is InChI=1S/C17H28N2O/c1-7-18(8-2)16-11-9-15(10-12-16)17(20)19(13(3)4)14(5)6/h9-14H,7-8H2,1-6H3. The maximum absolute atomic E-state index is 12.6. The van der Waals surface area contributed by atoms with Crippen molar-refractivity contribution in [2.24, 2.45) is 0 Å². The highest BCUT2D eigenvalue weighted by Gasteiger charge is 2.21. The number of hydrogen-bond donors (Lipinski definition) is 0. The molecule has 0 aliphatic carbocycles. The summed E-state index contributed by atoms with van der Waals surface area (Å²) in [5.41, 5.74) is 1.94. The van der Waals surface area contributed by atoms with Gasteiger partial charge >= 0.3 is 0 Å². The van der Waals surface area contributed by atoms with E-state index in [4.69, 9.17) is 0 Å². The number of anilines is 1. The molecule has 1 amide bonds. The predicted octanol–water partition coefficient (Wildman–Crippen LogP) is 3.79. The number of carbonyl (C=O) groups excluding carboxylic acids is 1. The van der Waals surface area contributed by atoms with Crippen LogP contribution in [0, 0.1) is 0 Å². The average molecular weight is 276 g/mol. The minimum atomic E-state index is 0.112. The molecule has 0 saturated carbocycles. The van der Waals surface area contributed by atoms with Gasteiger partial charge < -0.3 is 9.80 Å². The fourth-order valence-electron chi connectivity index (χ4n) is 2.62. The molecule has 1 aromatic carbocycles. The van der Waals surface area contributed by atoms with Crippen LogP contribution in [0.4, 0.5) is 5.69 Å². The van der Waals surface area contributed by atoms with Crippen molar-refractivity contribution < 1.29 is 4.79 Å². The highest BCUT2D eigenvalue weighted by atomic mass is 16.2. The van der Waals surface area contributed by atoms with Crippen LogP contribution in [0.15, 0.2) is 24.3 Å². The second-order valence-electron chi connectivity index (χ2n) is 5.62. The van der Waals surface area contributed by atoms with Crippen molar-refractivity contribution in [3.8, 4) is 0 Å². The van der Waals surface area contributed by atoms with Crippen molar-refractivity contribution in [2.45, 2.75) is 53.6 Å². The van der Waals surface area contributed by atoms with Gasteiger partial charge in [-0.15, -0.1) is 0 Å². The molecule has 20 heavy (non-hydrogen) atoms. The summed E-state index contributed by atoms with van der Waals surface area (Å²) in [7, 11) is 0. The number of nitrogens with zero attached hydrogens (tertiary/aromatic N) is 2.